The number of hydrogen-bond acceptors (Lipinski definition) is 3. The zero-order chi connectivity index (χ0) is 14.0. The van der Waals surface area contributed by atoms with E-state index in [2.05, 4.69) is 5.10 Å². The second-order valence-electron chi connectivity index (χ2n) is 4.40. The van der Waals surface area contributed by atoms with Crippen molar-refractivity contribution in [1.82, 2.24) is 14.7 Å². The van der Waals surface area contributed by atoms with Crippen LogP contribution in [-0.2, 0) is 13.6 Å². The molecule has 2 aromatic rings. The smallest absolute Gasteiger partial charge is 0.276 e. The minimum Gasteiger partial charge on any atom is -0.396 e. The molecule has 0 spiro atoms. The third-order valence-corrected chi connectivity index (χ3v) is 2.72. The molecule has 0 fully saturated rings. The summed E-state index contributed by atoms with van der Waals surface area (Å²) in [4.78, 5) is 13.6. The summed E-state index contributed by atoms with van der Waals surface area (Å²) in [6.45, 7) is 0.298. The van der Waals surface area contributed by atoms with E-state index < -0.39 is 0 Å². The summed E-state index contributed by atoms with van der Waals surface area (Å²) in [5, 5.41) is 4.02. The quantitative estimate of drug-likeness (QED) is 0.909. The van der Waals surface area contributed by atoms with Gasteiger partial charge in [0.05, 0.1) is 5.69 Å². The summed E-state index contributed by atoms with van der Waals surface area (Å²) in [7, 11) is 3.32. The Kier molecular flexibility index (Phi) is 3.50. The Morgan fingerprint density at radius 3 is 2.84 bits per heavy atom. The third-order valence-electron chi connectivity index (χ3n) is 2.72. The number of rotatable bonds is 3. The maximum atomic E-state index is 13.1. The van der Waals surface area contributed by atoms with Gasteiger partial charge in [0.25, 0.3) is 5.91 Å². The maximum Gasteiger partial charge on any atom is 0.276 e. The minimum atomic E-state index is -0.323. The summed E-state index contributed by atoms with van der Waals surface area (Å²) in [5.41, 5.74) is 6.96. The predicted molar refractivity (Wildman–Crippen MR) is 69.8 cm³/mol. The van der Waals surface area contributed by atoms with Gasteiger partial charge in [-0.2, -0.15) is 5.10 Å². The van der Waals surface area contributed by atoms with Crippen LogP contribution in [0, 0.1) is 5.82 Å². The fourth-order valence-electron chi connectivity index (χ4n) is 1.83. The van der Waals surface area contributed by atoms with E-state index in [1.54, 1.807) is 32.4 Å². The van der Waals surface area contributed by atoms with E-state index in [9.17, 15) is 9.18 Å². The van der Waals surface area contributed by atoms with Crippen molar-refractivity contribution in [2.24, 2.45) is 7.05 Å². The van der Waals surface area contributed by atoms with E-state index >= 15 is 0 Å². The molecule has 2 rings (SSSR count). The number of hydrogen-bond donors (Lipinski definition) is 1. The van der Waals surface area contributed by atoms with E-state index in [-0.39, 0.29) is 17.4 Å². The van der Waals surface area contributed by atoms with Gasteiger partial charge in [-0.15, -0.1) is 0 Å². The van der Waals surface area contributed by atoms with Gasteiger partial charge >= 0.3 is 0 Å². The third kappa shape index (κ3) is 2.90. The second kappa shape index (κ2) is 5.09. The topological polar surface area (TPSA) is 64.2 Å². The van der Waals surface area contributed by atoms with Gasteiger partial charge in [-0.25, -0.2) is 4.39 Å². The number of amides is 1. The minimum absolute atomic E-state index is 0.210. The molecule has 1 heterocycles. The zero-order valence-corrected chi connectivity index (χ0v) is 10.8. The molecule has 5 nitrogen and oxygen atoms in total. The highest BCUT2D eigenvalue weighted by molar-refractivity contribution is 5.96. The van der Waals surface area contributed by atoms with Gasteiger partial charge in [-0.3, -0.25) is 9.48 Å². The van der Waals surface area contributed by atoms with Gasteiger partial charge in [0.2, 0.25) is 0 Å². The Morgan fingerprint density at radius 2 is 2.26 bits per heavy atom. The van der Waals surface area contributed by atoms with Crippen molar-refractivity contribution >= 4 is 11.6 Å². The van der Waals surface area contributed by atoms with Crippen molar-refractivity contribution in [3.8, 4) is 0 Å². The number of benzene rings is 1. The van der Waals surface area contributed by atoms with Crippen molar-refractivity contribution < 1.29 is 9.18 Å². The maximum absolute atomic E-state index is 13.1. The number of halogens is 1. The molecule has 0 radical (unpaired) electrons. The summed E-state index contributed by atoms with van der Waals surface area (Å²) in [6.07, 6.45) is 1.57. The summed E-state index contributed by atoms with van der Waals surface area (Å²) in [6, 6.07) is 6.13. The number of anilines is 1. The van der Waals surface area contributed by atoms with Gasteiger partial charge < -0.3 is 10.6 Å². The Bertz CT molecular complexity index is 608. The first-order chi connectivity index (χ1) is 8.97. The summed E-state index contributed by atoms with van der Waals surface area (Å²) >= 11 is 0. The standard InChI is InChI=1S/C13H15FN4O/c1-17(7-9-4-3-5-10(14)6-9)13(19)12-11(15)8-18(2)16-12/h3-6,8H,7,15H2,1-2H3. The van der Waals surface area contributed by atoms with Crippen molar-refractivity contribution in [1.29, 1.82) is 0 Å². The molecule has 1 aromatic carbocycles. The normalized spacial score (nSPS) is 10.5. The summed E-state index contributed by atoms with van der Waals surface area (Å²) < 4.78 is 14.6. The van der Waals surface area contributed by atoms with Crippen LogP contribution in [-0.4, -0.2) is 27.6 Å². The van der Waals surface area contributed by atoms with Crippen molar-refractivity contribution in [2.45, 2.75) is 6.54 Å². The average Bonchev–Trinajstić information content (AvgIpc) is 2.67. The lowest BCUT2D eigenvalue weighted by Gasteiger charge is -2.16. The lowest BCUT2D eigenvalue weighted by molar-refractivity contribution is 0.0779. The Hall–Kier alpha value is -2.37. The highest BCUT2D eigenvalue weighted by Crippen LogP contribution is 2.13. The molecule has 0 aliphatic carbocycles. The van der Waals surface area contributed by atoms with Gasteiger partial charge in [-0.05, 0) is 17.7 Å². The van der Waals surface area contributed by atoms with Crippen LogP contribution in [0.2, 0.25) is 0 Å². The fraction of sp³-hybridized carbons (Fsp3) is 0.231. The highest BCUT2D eigenvalue weighted by Gasteiger charge is 2.18. The van der Waals surface area contributed by atoms with Crippen LogP contribution < -0.4 is 5.73 Å². The largest absolute Gasteiger partial charge is 0.396 e. The van der Waals surface area contributed by atoms with E-state index in [0.717, 1.165) is 0 Å². The molecular weight excluding hydrogens is 247 g/mol. The first-order valence-corrected chi connectivity index (χ1v) is 5.76. The Balaban J connectivity index is 2.14. The number of nitrogens with two attached hydrogens (primary N) is 1. The van der Waals surface area contributed by atoms with Crippen molar-refractivity contribution in [3.05, 3.63) is 47.5 Å². The van der Waals surface area contributed by atoms with Crippen LogP contribution >= 0.6 is 0 Å². The SMILES string of the molecule is CN(Cc1cccc(F)c1)C(=O)c1nn(C)cc1N. The van der Waals surface area contributed by atoms with Gasteiger partial charge in [-0.1, -0.05) is 12.1 Å². The number of nitrogen functional groups attached to an aromatic ring is 1. The molecule has 0 saturated carbocycles. The van der Waals surface area contributed by atoms with Crippen LogP contribution in [0.25, 0.3) is 0 Å². The van der Waals surface area contributed by atoms with Crippen LogP contribution in [0.1, 0.15) is 16.1 Å². The molecule has 0 aliphatic rings. The average molecular weight is 262 g/mol. The monoisotopic (exact) mass is 262 g/mol. The number of carbonyl (C=O) groups excluding carboxylic acids is 1. The molecule has 6 heteroatoms. The molecule has 0 unspecified atom stereocenters. The molecule has 0 saturated heterocycles. The molecule has 2 N–H and O–H groups in total. The number of carbonyl (C=O) groups is 1. The molecule has 1 aromatic heterocycles. The number of nitrogens with zero attached hydrogens (tertiary/aromatic N) is 3. The van der Waals surface area contributed by atoms with Crippen LogP contribution in [0.15, 0.2) is 30.5 Å². The first-order valence-electron chi connectivity index (χ1n) is 5.76. The first kappa shape index (κ1) is 13.1. The lowest BCUT2D eigenvalue weighted by atomic mass is 10.2. The van der Waals surface area contributed by atoms with Crippen molar-refractivity contribution in [2.75, 3.05) is 12.8 Å². The molecule has 0 bridgehead atoms. The van der Waals surface area contributed by atoms with Gasteiger partial charge in [0, 0.05) is 26.8 Å². The lowest BCUT2D eigenvalue weighted by Crippen LogP contribution is -2.27. The van der Waals surface area contributed by atoms with Crippen LogP contribution in [0.4, 0.5) is 10.1 Å². The van der Waals surface area contributed by atoms with E-state index in [1.807, 2.05) is 0 Å². The summed E-state index contributed by atoms with van der Waals surface area (Å²) in [5.74, 6) is -0.613. The van der Waals surface area contributed by atoms with E-state index in [1.165, 1.54) is 21.7 Å². The second-order valence-corrected chi connectivity index (χ2v) is 4.40. The zero-order valence-electron chi connectivity index (χ0n) is 10.8. The number of aromatic nitrogens is 2. The Labute approximate surface area is 110 Å². The molecular formula is C13H15FN4O. The van der Waals surface area contributed by atoms with E-state index in [0.29, 0.717) is 17.8 Å². The fourth-order valence-corrected chi connectivity index (χ4v) is 1.83. The molecule has 19 heavy (non-hydrogen) atoms. The van der Waals surface area contributed by atoms with Gasteiger partial charge in [0.15, 0.2) is 5.69 Å². The predicted octanol–water partition coefficient (Wildman–Crippen LogP) is 1.41. The molecule has 0 atom stereocenters. The van der Waals surface area contributed by atoms with Gasteiger partial charge in [0.1, 0.15) is 5.82 Å². The highest BCUT2D eigenvalue weighted by atomic mass is 19.1. The van der Waals surface area contributed by atoms with Crippen molar-refractivity contribution in [3.63, 3.8) is 0 Å². The molecule has 100 valence electrons. The molecule has 0 aliphatic heterocycles. The molecule has 1 amide bonds. The van der Waals surface area contributed by atoms with Crippen LogP contribution in [0.5, 0.6) is 0 Å². The van der Waals surface area contributed by atoms with Crippen LogP contribution in [0.3, 0.4) is 0 Å². The van der Waals surface area contributed by atoms with E-state index in [4.69, 9.17) is 5.73 Å². The Morgan fingerprint density at radius 1 is 1.53 bits per heavy atom. The number of aryl methyl sites for hydroxylation is 1.